The lowest BCUT2D eigenvalue weighted by Crippen LogP contribution is -2.49. The zero-order chi connectivity index (χ0) is 26.7. The molecule has 2 aromatic rings. The summed E-state index contributed by atoms with van der Waals surface area (Å²) >= 11 is 0. The molecule has 0 aliphatic heterocycles. The first-order valence-corrected chi connectivity index (χ1v) is 14.0. The van der Waals surface area contributed by atoms with Crippen molar-refractivity contribution in [3.63, 3.8) is 0 Å². The van der Waals surface area contributed by atoms with Crippen molar-refractivity contribution < 1.29 is 26.8 Å². The Morgan fingerprint density at radius 2 is 1.67 bits per heavy atom. The minimum Gasteiger partial charge on any atom is -0.354 e. The second kappa shape index (κ2) is 13.9. The molecule has 0 saturated carbocycles. The number of unbranched alkanes of at least 4 members (excludes halogenated alkanes) is 1. The van der Waals surface area contributed by atoms with Crippen LogP contribution in [0.15, 0.2) is 48.5 Å². The maximum absolute atomic E-state index is 14.3. The number of anilines is 1. The molecular formula is C26H35F2N3O4S. The summed E-state index contributed by atoms with van der Waals surface area (Å²) in [5, 5.41) is 2.86. The summed E-state index contributed by atoms with van der Waals surface area (Å²) < 4.78 is 53.2. The summed E-state index contributed by atoms with van der Waals surface area (Å²) in [5.74, 6) is -1.71. The Bertz CT molecular complexity index is 1110. The molecule has 0 spiro atoms. The molecule has 2 aromatic carbocycles. The molecule has 0 aliphatic carbocycles. The van der Waals surface area contributed by atoms with Gasteiger partial charge in [0.2, 0.25) is 21.8 Å². The quantitative estimate of drug-likeness (QED) is 0.376. The minimum absolute atomic E-state index is 0.0552. The van der Waals surface area contributed by atoms with E-state index in [0.717, 1.165) is 23.4 Å². The number of para-hydroxylation sites is 1. The van der Waals surface area contributed by atoms with Crippen LogP contribution in [0.25, 0.3) is 0 Å². The van der Waals surface area contributed by atoms with Gasteiger partial charge in [0.05, 0.1) is 11.9 Å². The lowest BCUT2D eigenvalue weighted by Gasteiger charge is -2.31. The van der Waals surface area contributed by atoms with E-state index in [1.54, 1.807) is 19.1 Å². The van der Waals surface area contributed by atoms with Crippen LogP contribution < -0.4 is 9.62 Å². The summed E-state index contributed by atoms with van der Waals surface area (Å²) in [6.07, 6.45) is 3.14. The number of hydrogen-bond acceptors (Lipinski definition) is 4. The molecule has 0 aliphatic rings. The molecule has 198 valence electrons. The van der Waals surface area contributed by atoms with Crippen molar-refractivity contribution in [1.82, 2.24) is 10.2 Å². The number of carbonyl (C=O) groups excluding carboxylic acids is 2. The van der Waals surface area contributed by atoms with Crippen LogP contribution in [0.4, 0.5) is 14.5 Å². The molecule has 7 nitrogen and oxygen atoms in total. The third-order valence-electron chi connectivity index (χ3n) is 5.75. The predicted octanol–water partition coefficient (Wildman–Crippen LogP) is 4.23. The highest BCUT2D eigenvalue weighted by molar-refractivity contribution is 7.92. The van der Waals surface area contributed by atoms with Gasteiger partial charge in [0.25, 0.3) is 0 Å². The van der Waals surface area contributed by atoms with Crippen LogP contribution in [0.1, 0.15) is 51.5 Å². The van der Waals surface area contributed by atoms with Crippen molar-refractivity contribution in [3.8, 4) is 0 Å². The third-order valence-corrected chi connectivity index (χ3v) is 6.93. The highest BCUT2D eigenvalue weighted by Crippen LogP contribution is 2.22. The normalized spacial score (nSPS) is 12.1. The van der Waals surface area contributed by atoms with Crippen molar-refractivity contribution in [2.75, 3.05) is 23.7 Å². The van der Waals surface area contributed by atoms with E-state index in [-0.39, 0.29) is 43.4 Å². The van der Waals surface area contributed by atoms with Crippen LogP contribution >= 0.6 is 0 Å². The van der Waals surface area contributed by atoms with Gasteiger partial charge in [0.1, 0.15) is 17.7 Å². The zero-order valence-corrected chi connectivity index (χ0v) is 21.9. The molecule has 1 N–H and O–H groups in total. The summed E-state index contributed by atoms with van der Waals surface area (Å²) in [4.78, 5) is 27.6. The SMILES string of the molecule is CCCCNC(=O)[C@H](CC)N(Cc1ccc(F)cc1)C(=O)CCCN(c1ccccc1F)S(C)(=O)=O. The summed E-state index contributed by atoms with van der Waals surface area (Å²) in [6.45, 7) is 4.31. The predicted molar refractivity (Wildman–Crippen MR) is 137 cm³/mol. The van der Waals surface area contributed by atoms with E-state index in [4.69, 9.17) is 0 Å². The lowest BCUT2D eigenvalue weighted by molar-refractivity contribution is -0.141. The van der Waals surface area contributed by atoms with E-state index < -0.39 is 27.7 Å². The smallest absolute Gasteiger partial charge is 0.242 e. The zero-order valence-electron chi connectivity index (χ0n) is 21.0. The first-order valence-electron chi connectivity index (χ1n) is 12.1. The van der Waals surface area contributed by atoms with E-state index in [1.807, 2.05) is 6.92 Å². The first-order chi connectivity index (χ1) is 17.1. The Morgan fingerprint density at radius 1 is 1.00 bits per heavy atom. The Morgan fingerprint density at radius 3 is 2.25 bits per heavy atom. The van der Waals surface area contributed by atoms with Crippen LogP contribution in [-0.4, -0.2) is 50.5 Å². The van der Waals surface area contributed by atoms with Crippen LogP contribution in [-0.2, 0) is 26.2 Å². The van der Waals surface area contributed by atoms with Gasteiger partial charge in [0.15, 0.2) is 0 Å². The number of halogens is 2. The molecule has 0 aromatic heterocycles. The van der Waals surface area contributed by atoms with Crippen molar-refractivity contribution in [2.45, 2.75) is 58.5 Å². The number of hydrogen-bond donors (Lipinski definition) is 1. The van der Waals surface area contributed by atoms with Crippen molar-refractivity contribution in [3.05, 3.63) is 65.7 Å². The Labute approximate surface area is 212 Å². The monoisotopic (exact) mass is 523 g/mol. The average Bonchev–Trinajstić information content (AvgIpc) is 2.83. The number of rotatable bonds is 14. The molecule has 1 atom stereocenters. The van der Waals surface area contributed by atoms with Crippen LogP contribution in [0.2, 0.25) is 0 Å². The van der Waals surface area contributed by atoms with E-state index in [0.29, 0.717) is 18.5 Å². The molecule has 0 radical (unpaired) electrons. The number of amides is 2. The maximum Gasteiger partial charge on any atom is 0.242 e. The number of sulfonamides is 1. The Kier molecular flexibility index (Phi) is 11.3. The highest BCUT2D eigenvalue weighted by atomic mass is 32.2. The van der Waals surface area contributed by atoms with Crippen molar-refractivity contribution in [1.29, 1.82) is 0 Å². The standard InChI is InChI=1S/C26H35F2N3O4S/c1-4-6-17-29-26(33)23(5-2)30(19-20-13-15-21(27)16-14-20)25(32)12-9-18-31(36(3,34)35)24-11-8-7-10-22(24)28/h7-8,10-11,13-16,23H,4-6,9,12,17-19H2,1-3H3,(H,29,33)/t23-/m0/s1. The molecule has 0 heterocycles. The van der Waals surface area contributed by atoms with Crippen LogP contribution in [0.5, 0.6) is 0 Å². The fourth-order valence-electron chi connectivity index (χ4n) is 3.85. The van der Waals surface area contributed by atoms with Gasteiger partial charge in [-0.1, -0.05) is 44.5 Å². The van der Waals surface area contributed by atoms with Gasteiger partial charge in [-0.2, -0.15) is 0 Å². The Balaban J connectivity index is 2.20. The number of nitrogens with zero attached hydrogens (tertiary/aromatic N) is 2. The molecule has 10 heteroatoms. The largest absolute Gasteiger partial charge is 0.354 e. The maximum atomic E-state index is 14.3. The number of carbonyl (C=O) groups is 2. The second-order valence-corrected chi connectivity index (χ2v) is 10.5. The Hall–Kier alpha value is -3.01. The van der Waals surface area contributed by atoms with Crippen molar-refractivity contribution >= 4 is 27.5 Å². The molecule has 2 amide bonds. The fourth-order valence-corrected chi connectivity index (χ4v) is 4.81. The molecule has 0 unspecified atom stereocenters. The minimum atomic E-state index is -3.79. The molecule has 2 rings (SSSR count). The van der Waals surface area contributed by atoms with Crippen molar-refractivity contribution in [2.24, 2.45) is 0 Å². The number of benzene rings is 2. The highest BCUT2D eigenvalue weighted by Gasteiger charge is 2.29. The van der Waals surface area contributed by atoms with Gasteiger partial charge in [-0.25, -0.2) is 17.2 Å². The summed E-state index contributed by atoms with van der Waals surface area (Å²) in [5.41, 5.74) is 0.575. The third kappa shape index (κ3) is 8.58. The molecule has 36 heavy (non-hydrogen) atoms. The number of nitrogens with one attached hydrogen (secondary N) is 1. The van der Waals surface area contributed by atoms with E-state index in [2.05, 4.69) is 5.32 Å². The first kappa shape index (κ1) is 29.2. The van der Waals surface area contributed by atoms with Gasteiger partial charge < -0.3 is 10.2 Å². The van der Waals surface area contributed by atoms with E-state index in [9.17, 15) is 26.8 Å². The second-order valence-electron chi connectivity index (χ2n) is 8.61. The average molecular weight is 524 g/mol. The topological polar surface area (TPSA) is 86.8 Å². The molecule has 0 saturated heterocycles. The molecular weight excluding hydrogens is 488 g/mol. The van der Waals surface area contributed by atoms with Crippen LogP contribution in [0, 0.1) is 11.6 Å². The van der Waals surface area contributed by atoms with Crippen LogP contribution in [0.3, 0.4) is 0 Å². The van der Waals surface area contributed by atoms with Gasteiger partial charge in [-0.15, -0.1) is 0 Å². The van der Waals surface area contributed by atoms with Gasteiger partial charge in [0, 0.05) is 26.1 Å². The summed E-state index contributed by atoms with van der Waals surface area (Å²) in [6, 6.07) is 10.5. The lowest BCUT2D eigenvalue weighted by atomic mass is 10.1. The van der Waals surface area contributed by atoms with E-state index >= 15 is 0 Å². The molecule has 0 fully saturated rings. The van der Waals surface area contributed by atoms with Gasteiger partial charge >= 0.3 is 0 Å². The molecule has 0 bridgehead atoms. The summed E-state index contributed by atoms with van der Waals surface area (Å²) in [7, 11) is -3.79. The van der Waals surface area contributed by atoms with Gasteiger partial charge in [-0.3, -0.25) is 13.9 Å². The van der Waals surface area contributed by atoms with Gasteiger partial charge in [-0.05, 0) is 49.1 Å². The fraction of sp³-hybridized carbons (Fsp3) is 0.462. The van der Waals surface area contributed by atoms with E-state index in [1.165, 1.54) is 41.3 Å².